The predicted octanol–water partition coefficient (Wildman–Crippen LogP) is 3.58. The van der Waals surface area contributed by atoms with E-state index >= 15 is 0 Å². The maximum atomic E-state index is 3.71. The highest BCUT2D eigenvalue weighted by molar-refractivity contribution is 5.14. The molecule has 0 radical (unpaired) electrons. The number of nitrogens with one attached hydrogen (secondary N) is 1. The lowest BCUT2D eigenvalue weighted by molar-refractivity contribution is 0.246. The molecule has 0 aromatic heterocycles. The Morgan fingerprint density at radius 1 is 1.15 bits per heavy atom. The molecule has 20 heavy (non-hydrogen) atoms. The second-order valence-corrected chi connectivity index (χ2v) is 5.94. The Hall–Kier alpha value is -0.860. The standard InChI is InChI=1S/C18H32N2/c1-5-13-19-18(16(3)6-2)15-20(4)14-12-17-10-8-7-9-11-17/h7-11,16,18-19H,5-6,12-15H2,1-4H3. The van der Waals surface area contributed by atoms with Crippen molar-refractivity contribution < 1.29 is 0 Å². The second-order valence-electron chi connectivity index (χ2n) is 5.94. The third-order valence-electron chi connectivity index (χ3n) is 4.12. The van der Waals surface area contributed by atoms with Crippen LogP contribution in [-0.2, 0) is 6.42 Å². The summed E-state index contributed by atoms with van der Waals surface area (Å²) in [6.07, 6.45) is 3.59. The fourth-order valence-electron chi connectivity index (χ4n) is 2.45. The van der Waals surface area contributed by atoms with Crippen molar-refractivity contribution in [2.75, 3.05) is 26.7 Å². The van der Waals surface area contributed by atoms with E-state index in [4.69, 9.17) is 0 Å². The Morgan fingerprint density at radius 3 is 2.45 bits per heavy atom. The molecule has 0 bridgehead atoms. The number of hydrogen-bond acceptors (Lipinski definition) is 2. The number of nitrogens with zero attached hydrogens (tertiary/aromatic N) is 1. The van der Waals surface area contributed by atoms with Gasteiger partial charge < -0.3 is 10.2 Å². The van der Waals surface area contributed by atoms with Gasteiger partial charge in [-0.25, -0.2) is 0 Å². The fourth-order valence-corrected chi connectivity index (χ4v) is 2.45. The molecule has 2 nitrogen and oxygen atoms in total. The molecule has 0 saturated heterocycles. The van der Waals surface area contributed by atoms with E-state index in [1.165, 1.54) is 18.4 Å². The molecule has 2 atom stereocenters. The summed E-state index contributed by atoms with van der Waals surface area (Å²) in [5.41, 5.74) is 1.43. The van der Waals surface area contributed by atoms with Gasteiger partial charge in [0.15, 0.2) is 0 Å². The van der Waals surface area contributed by atoms with E-state index in [2.05, 4.69) is 68.4 Å². The maximum absolute atomic E-state index is 3.71. The van der Waals surface area contributed by atoms with E-state index in [9.17, 15) is 0 Å². The topological polar surface area (TPSA) is 15.3 Å². The molecule has 2 unspecified atom stereocenters. The Morgan fingerprint density at radius 2 is 1.85 bits per heavy atom. The summed E-state index contributed by atoms with van der Waals surface area (Å²) in [4.78, 5) is 2.46. The van der Waals surface area contributed by atoms with Gasteiger partial charge in [0.2, 0.25) is 0 Å². The van der Waals surface area contributed by atoms with Crippen LogP contribution in [-0.4, -0.2) is 37.6 Å². The average molecular weight is 276 g/mol. The lowest BCUT2D eigenvalue weighted by atomic mass is 9.98. The van der Waals surface area contributed by atoms with E-state index in [-0.39, 0.29) is 0 Å². The van der Waals surface area contributed by atoms with E-state index in [0.717, 1.165) is 32.0 Å². The van der Waals surface area contributed by atoms with E-state index in [1.807, 2.05) is 0 Å². The third kappa shape index (κ3) is 6.53. The molecule has 0 aliphatic rings. The Labute approximate surface area is 125 Å². The summed E-state index contributed by atoms with van der Waals surface area (Å²) in [6, 6.07) is 11.4. The van der Waals surface area contributed by atoms with Crippen molar-refractivity contribution in [3.05, 3.63) is 35.9 Å². The van der Waals surface area contributed by atoms with Gasteiger partial charge in [-0.05, 0) is 37.9 Å². The van der Waals surface area contributed by atoms with Crippen molar-refractivity contribution >= 4 is 0 Å². The molecule has 0 spiro atoms. The molecule has 0 fully saturated rings. The number of benzene rings is 1. The van der Waals surface area contributed by atoms with E-state index < -0.39 is 0 Å². The molecule has 0 heterocycles. The molecular formula is C18H32N2. The summed E-state index contributed by atoms with van der Waals surface area (Å²) in [7, 11) is 2.24. The van der Waals surface area contributed by atoms with Crippen molar-refractivity contribution in [1.82, 2.24) is 10.2 Å². The zero-order chi connectivity index (χ0) is 14.8. The monoisotopic (exact) mass is 276 g/mol. The summed E-state index contributed by atoms with van der Waals surface area (Å²) >= 11 is 0. The molecular weight excluding hydrogens is 244 g/mol. The molecule has 1 aromatic carbocycles. The Kier molecular flexibility index (Phi) is 8.56. The minimum atomic E-state index is 0.612. The summed E-state index contributed by atoms with van der Waals surface area (Å²) in [5, 5.41) is 3.71. The molecule has 1 rings (SSSR count). The van der Waals surface area contributed by atoms with Gasteiger partial charge in [-0.15, -0.1) is 0 Å². The number of hydrogen-bond donors (Lipinski definition) is 1. The van der Waals surface area contributed by atoms with Crippen LogP contribution in [0.15, 0.2) is 30.3 Å². The third-order valence-corrected chi connectivity index (χ3v) is 4.12. The highest BCUT2D eigenvalue weighted by Gasteiger charge is 2.16. The minimum Gasteiger partial charge on any atom is -0.312 e. The predicted molar refractivity (Wildman–Crippen MR) is 89.2 cm³/mol. The Bertz CT molecular complexity index is 337. The largest absolute Gasteiger partial charge is 0.312 e. The molecule has 114 valence electrons. The first-order valence-corrected chi connectivity index (χ1v) is 8.13. The van der Waals surface area contributed by atoms with Crippen LogP contribution in [0.4, 0.5) is 0 Å². The van der Waals surface area contributed by atoms with E-state index in [0.29, 0.717) is 6.04 Å². The zero-order valence-electron chi connectivity index (χ0n) is 13.7. The van der Waals surface area contributed by atoms with Gasteiger partial charge >= 0.3 is 0 Å². The van der Waals surface area contributed by atoms with Crippen LogP contribution in [0.25, 0.3) is 0 Å². The van der Waals surface area contributed by atoms with Crippen molar-refractivity contribution in [3.63, 3.8) is 0 Å². The SMILES string of the molecule is CCCNC(CN(C)CCc1ccccc1)C(C)CC. The van der Waals surface area contributed by atoms with Crippen LogP contribution in [0.1, 0.15) is 39.2 Å². The second kappa shape index (κ2) is 9.95. The van der Waals surface area contributed by atoms with Gasteiger partial charge in [-0.2, -0.15) is 0 Å². The van der Waals surface area contributed by atoms with Crippen molar-refractivity contribution in [2.24, 2.45) is 5.92 Å². The molecule has 2 heteroatoms. The molecule has 0 aliphatic heterocycles. The highest BCUT2D eigenvalue weighted by atomic mass is 15.1. The normalized spacial score (nSPS) is 14.4. The van der Waals surface area contributed by atoms with Gasteiger partial charge in [-0.3, -0.25) is 0 Å². The minimum absolute atomic E-state index is 0.612. The maximum Gasteiger partial charge on any atom is 0.0220 e. The lowest BCUT2D eigenvalue weighted by Gasteiger charge is -2.29. The van der Waals surface area contributed by atoms with Crippen LogP contribution in [0.2, 0.25) is 0 Å². The first-order valence-electron chi connectivity index (χ1n) is 8.13. The first kappa shape index (κ1) is 17.2. The first-order chi connectivity index (χ1) is 9.67. The average Bonchev–Trinajstić information content (AvgIpc) is 2.49. The molecule has 0 aliphatic carbocycles. The molecule has 1 aromatic rings. The summed E-state index contributed by atoms with van der Waals surface area (Å²) in [6.45, 7) is 10.3. The quantitative estimate of drug-likeness (QED) is 0.703. The lowest BCUT2D eigenvalue weighted by Crippen LogP contribution is -2.44. The smallest absolute Gasteiger partial charge is 0.0220 e. The van der Waals surface area contributed by atoms with Crippen LogP contribution in [0, 0.1) is 5.92 Å². The van der Waals surface area contributed by atoms with Crippen molar-refractivity contribution in [2.45, 2.75) is 46.1 Å². The number of likely N-dealkylation sites (N-methyl/N-ethyl adjacent to an activating group) is 1. The van der Waals surface area contributed by atoms with Crippen LogP contribution in [0.3, 0.4) is 0 Å². The van der Waals surface area contributed by atoms with Crippen LogP contribution >= 0.6 is 0 Å². The summed E-state index contributed by atoms with van der Waals surface area (Å²) in [5.74, 6) is 0.737. The van der Waals surface area contributed by atoms with Gasteiger partial charge in [-0.1, -0.05) is 57.5 Å². The zero-order valence-corrected chi connectivity index (χ0v) is 13.7. The van der Waals surface area contributed by atoms with Gasteiger partial charge in [0.05, 0.1) is 0 Å². The number of rotatable bonds is 10. The fraction of sp³-hybridized carbons (Fsp3) is 0.667. The molecule has 1 N–H and O–H groups in total. The molecule has 0 saturated carbocycles. The van der Waals surface area contributed by atoms with Gasteiger partial charge in [0, 0.05) is 19.1 Å². The van der Waals surface area contributed by atoms with Gasteiger partial charge in [0.1, 0.15) is 0 Å². The van der Waals surface area contributed by atoms with Crippen LogP contribution < -0.4 is 5.32 Å². The van der Waals surface area contributed by atoms with Gasteiger partial charge in [0.25, 0.3) is 0 Å². The highest BCUT2D eigenvalue weighted by Crippen LogP contribution is 2.09. The van der Waals surface area contributed by atoms with Crippen molar-refractivity contribution in [1.29, 1.82) is 0 Å². The Balaban J connectivity index is 2.38. The summed E-state index contributed by atoms with van der Waals surface area (Å²) < 4.78 is 0. The van der Waals surface area contributed by atoms with Crippen LogP contribution in [0.5, 0.6) is 0 Å². The van der Waals surface area contributed by atoms with Crippen molar-refractivity contribution in [3.8, 4) is 0 Å². The molecule has 0 amide bonds. The van der Waals surface area contributed by atoms with E-state index in [1.54, 1.807) is 0 Å².